The molecule has 0 N–H and O–H groups in total. The van der Waals surface area contributed by atoms with E-state index in [-0.39, 0.29) is 0 Å². The van der Waals surface area contributed by atoms with Gasteiger partial charge in [0.25, 0.3) is 0 Å². The highest BCUT2D eigenvalue weighted by Gasteiger charge is 2.39. The van der Waals surface area contributed by atoms with Crippen LogP contribution in [0.2, 0.25) is 0 Å². The van der Waals surface area contributed by atoms with E-state index in [1.54, 1.807) is 0 Å². The van der Waals surface area contributed by atoms with Gasteiger partial charge in [0.05, 0.1) is 0 Å². The van der Waals surface area contributed by atoms with Crippen molar-refractivity contribution in [2.45, 2.75) is 45.4 Å². The molecule has 4 heteroatoms. The van der Waals surface area contributed by atoms with Crippen LogP contribution in [0.3, 0.4) is 0 Å². The molecule has 3 unspecified atom stereocenters. The monoisotopic (exact) mass is 337 g/mol. The topological polar surface area (TPSA) is 29.0 Å². The van der Waals surface area contributed by atoms with Gasteiger partial charge in [-0.3, -0.25) is 0 Å². The van der Waals surface area contributed by atoms with E-state index in [0.717, 1.165) is 40.5 Å². The Morgan fingerprint density at radius 1 is 1.30 bits per heavy atom. The number of aromatic nitrogens is 2. The fraction of sp³-hybridized carbons (Fsp3) is 0.750. The summed E-state index contributed by atoms with van der Waals surface area (Å²) >= 11 is 3.52. The van der Waals surface area contributed by atoms with Crippen LogP contribution < -0.4 is 4.90 Å². The summed E-state index contributed by atoms with van der Waals surface area (Å²) in [7, 11) is 2.17. The third kappa shape index (κ3) is 2.85. The Kier molecular flexibility index (Phi) is 4.02. The third-order valence-corrected chi connectivity index (χ3v) is 5.41. The van der Waals surface area contributed by atoms with Crippen molar-refractivity contribution in [3.05, 3.63) is 16.5 Å². The van der Waals surface area contributed by atoms with Crippen molar-refractivity contribution in [3.8, 4) is 0 Å². The molecule has 1 aromatic heterocycles. The molecule has 2 aliphatic rings. The molecule has 110 valence electrons. The zero-order valence-corrected chi connectivity index (χ0v) is 14.2. The molecule has 20 heavy (non-hydrogen) atoms. The Hall–Kier alpha value is -0.640. The largest absolute Gasteiger partial charge is 0.359 e. The van der Waals surface area contributed by atoms with Crippen molar-refractivity contribution >= 4 is 21.7 Å². The molecule has 0 radical (unpaired) electrons. The summed E-state index contributed by atoms with van der Waals surface area (Å²) < 4.78 is 0.894. The zero-order chi connectivity index (χ0) is 14.3. The van der Waals surface area contributed by atoms with Crippen LogP contribution in [0.4, 0.5) is 5.82 Å². The Bertz CT molecular complexity index is 489. The summed E-state index contributed by atoms with van der Waals surface area (Å²) in [6.07, 6.45) is 5.83. The van der Waals surface area contributed by atoms with Gasteiger partial charge in [-0.2, -0.15) is 0 Å². The molecule has 2 bridgehead atoms. The maximum Gasteiger partial charge on any atom is 0.134 e. The second-order valence-electron chi connectivity index (χ2n) is 6.88. The van der Waals surface area contributed by atoms with E-state index >= 15 is 0 Å². The Morgan fingerprint density at radius 3 is 2.70 bits per heavy atom. The first-order valence-corrected chi connectivity index (χ1v) is 8.58. The number of hydrogen-bond acceptors (Lipinski definition) is 3. The molecule has 0 amide bonds. The Balaban J connectivity index is 1.72. The van der Waals surface area contributed by atoms with Crippen molar-refractivity contribution in [1.29, 1.82) is 0 Å². The molecular weight excluding hydrogens is 314 g/mol. The normalized spacial score (nSPS) is 28.4. The average Bonchev–Trinajstić information content (AvgIpc) is 3.00. The van der Waals surface area contributed by atoms with Crippen LogP contribution in [-0.2, 0) is 0 Å². The number of hydrogen-bond donors (Lipinski definition) is 0. The standard InChI is InChI=1S/C16H24BrN3/c1-10(2)16-18-14(17)8-15(19-16)20(3)9-13-7-11-4-5-12(13)6-11/h8,10-13H,4-7,9H2,1-3H3. The maximum absolute atomic E-state index is 4.72. The van der Waals surface area contributed by atoms with E-state index in [1.807, 2.05) is 6.07 Å². The summed E-state index contributed by atoms with van der Waals surface area (Å²) in [6, 6.07) is 2.04. The van der Waals surface area contributed by atoms with Crippen LogP contribution in [0.1, 0.15) is 51.3 Å². The highest BCUT2D eigenvalue weighted by Crippen LogP contribution is 2.48. The van der Waals surface area contributed by atoms with Gasteiger partial charge in [-0.15, -0.1) is 0 Å². The summed E-state index contributed by atoms with van der Waals surface area (Å²) in [5.41, 5.74) is 0. The molecule has 1 heterocycles. The minimum atomic E-state index is 0.363. The number of fused-ring (bicyclic) bond motifs is 2. The lowest BCUT2D eigenvalue weighted by Crippen LogP contribution is -2.29. The maximum atomic E-state index is 4.72. The smallest absolute Gasteiger partial charge is 0.134 e. The summed E-state index contributed by atoms with van der Waals surface area (Å²) in [6.45, 7) is 5.42. The number of rotatable bonds is 4. The lowest BCUT2D eigenvalue weighted by atomic mass is 9.88. The fourth-order valence-electron chi connectivity index (χ4n) is 3.92. The molecule has 0 aliphatic heterocycles. The Morgan fingerprint density at radius 2 is 2.10 bits per heavy atom. The number of halogens is 1. The van der Waals surface area contributed by atoms with E-state index in [2.05, 4.69) is 46.7 Å². The molecule has 0 spiro atoms. The van der Waals surface area contributed by atoms with Gasteiger partial charge in [0.2, 0.25) is 0 Å². The highest BCUT2D eigenvalue weighted by atomic mass is 79.9. The molecule has 2 saturated carbocycles. The molecular formula is C16H24BrN3. The summed E-state index contributed by atoms with van der Waals surface area (Å²) in [5.74, 6) is 5.20. The first kappa shape index (κ1) is 14.3. The molecule has 3 rings (SSSR count). The fourth-order valence-corrected chi connectivity index (χ4v) is 4.31. The van der Waals surface area contributed by atoms with E-state index in [1.165, 1.54) is 25.7 Å². The molecule has 3 atom stereocenters. The first-order chi connectivity index (χ1) is 9.52. The number of anilines is 1. The van der Waals surface area contributed by atoms with Crippen LogP contribution in [0.25, 0.3) is 0 Å². The molecule has 3 nitrogen and oxygen atoms in total. The van der Waals surface area contributed by atoms with E-state index in [4.69, 9.17) is 4.98 Å². The van der Waals surface area contributed by atoms with Crippen molar-refractivity contribution in [3.63, 3.8) is 0 Å². The lowest BCUT2D eigenvalue weighted by molar-refractivity contribution is 0.337. The van der Waals surface area contributed by atoms with Gasteiger partial charge in [0.15, 0.2) is 0 Å². The summed E-state index contributed by atoms with van der Waals surface area (Å²) in [5, 5.41) is 0. The van der Waals surface area contributed by atoms with Gasteiger partial charge in [0.1, 0.15) is 16.2 Å². The van der Waals surface area contributed by atoms with Crippen LogP contribution in [-0.4, -0.2) is 23.6 Å². The lowest BCUT2D eigenvalue weighted by Gasteiger charge is -2.28. The average molecular weight is 338 g/mol. The molecule has 2 aliphatic carbocycles. The van der Waals surface area contributed by atoms with Gasteiger partial charge in [-0.1, -0.05) is 20.3 Å². The molecule has 0 aromatic carbocycles. The minimum absolute atomic E-state index is 0.363. The number of nitrogens with zero attached hydrogens (tertiary/aromatic N) is 3. The van der Waals surface area contributed by atoms with Gasteiger partial charge < -0.3 is 4.90 Å². The van der Waals surface area contributed by atoms with Gasteiger partial charge in [-0.25, -0.2) is 9.97 Å². The molecule has 1 aromatic rings. The van der Waals surface area contributed by atoms with Crippen LogP contribution >= 0.6 is 15.9 Å². The van der Waals surface area contributed by atoms with Crippen molar-refractivity contribution < 1.29 is 0 Å². The van der Waals surface area contributed by atoms with Gasteiger partial charge in [-0.05, 0) is 52.9 Å². The van der Waals surface area contributed by atoms with Gasteiger partial charge in [0, 0.05) is 25.6 Å². The molecule has 2 fully saturated rings. The SMILES string of the molecule is CC(C)c1nc(Br)cc(N(C)CC2CC3CCC2C3)n1. The van der Waals surface area contributed by atoms with E-state index in [9.17, 15) is 0 Å². The van der Waals surface area contributed by atoms with Crippen LogP contribution in [0.5, 0.6) is 0 Å². The zero-order valence-electron chi connectivity index (χ0n) is 12.6. The van der Waals surface area contributed by atoms with Crippen LogP contribution in [0, 0.1) is 17.8 Å². The van der Waals surface area contributed by atoms with Gasteiger partial charge >= 0.3 is 0 Å². The first-order valence-electron chi connectivity index (χ1n) is 7.78. The third-order valence-electron chi connectivity index (χ3n) is 5.00. The quantitative estimate of drug-likeness (QED) is 0.769. The second kappa shape index (κ2) is 5.63. The predicted octanol–water partition coefficient (Wildman–Crippen LogP) is 4.23. The van der Waals surface area contributed by atoms with E-state index in [0.29, 0.717) is 5.92 Å². The molecule has 0 saturated heterocycles. The van der Waals surface area contributed by atoms with E-state index < -0.39 is 0 Å². The summed E-state index contributed by atoms with van der Waals surface area (Å²) in [4.78, 5) is 11.5. The predicted molar refractivity (Wildman–Crippen MR) is 86.0 cm³/mol. The highest BCUT2D eigenvalue weighted by molar-refractivity contribution is 9.10. The van der Waals surface area contributed by atoms with Crippen molar-refractivity contribution in [1.82, 2.24) is 9.97 Å². The minimum Gasteiger partial charge on any atom is -0.359 e. The Labute approximate surface area is 130 Å². The van der Waals surface area contributed by atoms with Crippen LogP contribution in [0.15, 0.2) is 10.7 Å². The van der Waals surface area contributed by atoms with Crippen molar-refractivity contribution in [2.24, 2.45) is 17.8 Å². The van der Waals surface area contributed by atoms with Crippen molar-refractivity contribution in [2.75, 3.05) is 18.5 Å². The second-order valence-corrected chi connectivity index (χ2v) is 7.69.